The Hall–Kier alpha value is -0.730. The van der Waals surface area contributed by atoms with Crippen molar-refractivity contribution in [2.45, 2.75) is 30.7 Å². The van der Waals surface area contributed by atoms with Gasteiger partial charge in [0.05, 0.1) is 5.97 Å². The molecule has 1 rings (SSSR count). The number of methoxy groups -OCH3 is 2. The van der Waals surface area contributed by atoms with Gasteiger partial charge in [0.2, 0.25) is 0 Å². The van der Waals surface area contributed by atoms with E-state index >= 15 is 0 Å². The summed E-state index contributed by atoms with van der Waals surface area (Å²) >= 11 is 0. The standard InChI is InChI=1S/C8H14O7/c1-13-5-3(9)4(10)8(14-2)15-6(5)7(11)12/h3-6,8-10H,1-2H3,(H,11,12)/p-1/t3-,4?,5-,6?,8-/m1/s1. The maximum Gasteiger partial charge on any atom is 0.186 e. The molecule has 1 aliphatic rings. The van der Waals surface area contributed by atoms with Crippen molar-refractivity contribution < 1.29 is 34.3 Å². The zero-order chi connectivity index (χ0) is 11.6. The van der Waals surface area contributed by atoms with E-state index < -0.39 is 36.7 Å². The molecule has 0 spiro atoms. The lowest BCUT2D eigenvalue weighted by Gasteiger charge is -2.41. The van der Waals surface area contributed by atoms with Crippen molar-refractivity contribution in [3.8, 4) is 0 Å². The Morgan fingerprint density at radius 3 is 2.27 bits per heavy atom. The number of aliphatic hydroxyl groups excluding tert-OH is 2. The number of carboxylic acid groups (broad SMARTS) is 1. The number of aliphatic carboxylic acids is 1. The molecule has 2 unspecified atom stereocenters. The fraction of sp³-hybridized carbons (Fsp3) is 0.875. The summed E-state index contributed by atoms with van der Waals surface area (Å²) in [4.78, 5) is 10.7. The van der Waals surface area contributed by atoms with E-state index in [1.807, 2.05) is 0 Å². The molecule has 2 N–H and O–H groups in total. The van der Waals surface area contributed by atoms with Crippen LogP contribution >= 0.6 is 0 Å². The summed E-state index contributed by atoms with van der Waals surface area (Å²) in [5, 5.41) is 29.7. The predicted octanol–water partition coefficient (Wildman–Crippen LogP) is -3.16. The summed E-state index contributed by atoms with van der Waals surface area (Å²) in [5.41, 5.74) is 0. The van der Waals surface area contributed by atoms with Crippen LogP contribution in [0.5, 0.6) is 0 Å². The SMILES string of the molecule is CO[C@@H]1OC(C(=O)[O-])[C@H](OC)[C@H](O)C1O. The second kappa shape index (κ2) is 4.86. The normalized spacial score (nSPS) is 41.5. The molecule has 0 bridgehead atoms. The molecule has 88 valence electrons. The van der Waals surface area contributed by atoms with Crippen LogP contribution in [-0.2, 0) is 19.0 Å². The van der Waals surface area contributed by atoms with Crippen LogP contribution in [-0.4, -0.2) is 61.1 Å². The van der Waals surface area contributed by atoms with E-state index in [0.29, 0.717) is 0 Å². The smallest absolute Gasteiger partial charge is 0.186 e. The first-order valence-corrected chi connectivity index (χ1v) is 4.31. The third-order valence-corrected chi connectivity index (χ3v) is 2.28. The summed E-state index contributed by atoms with van der Waals surface area (Å²) in [6, 6.07) is 0. The largest absolute Gasteiger partial charge is 0.547 e. The van der Waals surface area contributed by atoms with E-state index in [0.717, 1.165) is 0 Å². The van der Waals surface area contributed by atoms with Crippen LogP contribution in [0.2, 0.25) is 0 Å². The van der Waals surface area contributed by atoms with Crippen LogP contribution in [0.3, 0.4) is 0 Å². The van der Waals surface area contributed by atoms with Gasteiger partial charge in [0.25, 0.3) is 0 Å². The Morgan fingerprint density at radius 2 is 1.87 bits per heavy atom. The van der Waals surface area contributed by atoms with Gasteiger partial charge < -0.3 is 34.3 Å². The van der Waals surface area contributed by atoms with Crippen molar-refractivity contribution in [3.05, 3.63) is 0 Å². The molecule has 0 amide bonds. The lowest BCUT2D eigenvalue weighted by atomic mass is 9.99. The highest BCUT2D eigenvalue weighted by atomic mass is 16.7. The summed E-state index contributed by atoms with van der Waals surface area (Å²) < 4.78 is 14.3. The van der Waals surface area contributed by atoms with Gasteiger partial charge in [0, 0.05) is 14.2 Å². The fourth-order valence-corrected chi connectivity index (χ4v) is 1.48. The number of hydrogen-bond donors (Lipinski definition) is 2. The van der Waals surface area contributed by atoms with Gasteiger partial charge in [-0.3, -0.25) is 0 Å². The maximum atomic E-state index is 10.7. The Kier molecular flexibility index (Phi) is 4.00. The molecule has 0 aromatic carbocycles. The minimum atomic E-state index is -1.53. The number of rotatable bonds is 3. The van der Waals surface area contributed by atoms with E-state index in [2.05, 4.69) is 4.74 Å². The second-order valence-electron chi connectivity index (χ2n) is 3.16. The molecule has 7 nitrogen and oxygen atoms in total. The number of hydrogen-bond acceptors (Lipinski definition) is 7. The molecular weight excluding hydrogens is 208 g/mol. The number of aliphatic hydroxyl groups is 2. The molecule has 0 saturated carbocycles. The lowest BCUT2D eigenvalue weighted by Crippen LogP contribution is -2.63. The zero-order valence-corrected chi connectivity index (χ0v) is 8.32. The van der Waals surface area contributed by atoms with Gasteiger partial charge in [0.15, 0.2) is 6.29 Å². The number of ether oxygens (including phenoxy) is 3. The van der Waals surface area contributed by atoms with Crippen molar-refractivity contribution in [2.75, 3.05) is 14.2 Å². The fourth-order valence-electron chi connectivity index (χ4n) is 1.48. The van der Waals surface area contributed by atoms with Crippen LogP contribution in [0.4, 0.5) is 0 Å². The molecule has 0 aromatic heterocycles. The molecule has 0 aliphatic carbocycles. The lowest BCUT2D eigenvalue weighted by molar-refractivity contribution is -0.348. The van der Waals surface area contributed by atoms with Gasteiger partial charge in [-0.05, 0) is 0 Å². The molecule has 1 heterocycles. The monoisotopic (exact) mass is 221 g/mol. The van der Waals surface area contributed by atoms with Crippen molar-refractivity contribution in [3.63, 3.8) is 0 Å². The first-order chi connectivity index (χ1) is 7.02. The first kappa shape index (κ1) is 12.3. The van der Waals surface area contributed by atoms with Gasteiger partial charge in [-0.2, -0.15) is 0 Å². The summed E-state index contributed by atoms with van der Waals surface area (Å²) in [5.74, 6) is -1.53. The molecular formula is C8H13O7-. The molecule has 7 heteroatoms. The van der Waals surface area contributed by atoms with E-state index in [1.165, 1.54) is 14.2 Å². The second-order valence-corrected chi connectivity index (χ2v) is 3.16. The number of carbonyl (C=O) groups excluding carboxylic acids is 1. The molecule has 1 saturated heterocycles. The third kappa shape index (κ3) is 2.27. The van der Waals surface area contributed by atoms with E-state index in [1.54, 1.807) is 0 Å². The van der Waals surface area contributed by atoms with Gasteiger partial charge in [-0.25, -0.2) is 0 Å². The zero-order valence-electron chi connectivity index (χ0n) is 8.32. The Morgan fingerprint density at radius 1 is 1.27 bits per heavy atom. The van der Waals surface area contributed by atoms with Crippen molar-refractivity contribution in [1.29, 1.82) is 0 Å². The summed E-state index contributed by atoms with van der Waals surface area (Å²) in [7, 11) is 2.42. The first-order valence-electron chi connectivity index (χ1n) is 4.31. The molecule has 0 aromatic rings. The topological polar surface area (TPSA) is 108 Å². The van der Waals surface area contributed by atoms with Gasteiger partial charge in [-0.1, -0.05) is 0 Å². The van der Waals surface area contributed by atoms with Gasteiger partial charge in [0.1, 0.15) is 24.4 Å². The van der Waals surface area contributed by atoms with Crippen LogP contribution < -0.4 is 5.11 Å². The highest BCUT2D eigenvalue weighted by molar-refractivity contribution is 5.71. The predicted molar refractivity (Wildman–Crippen MR) is 43.5 cm³/mol. The van der Waals surface area contributed by atoms with Crippen LogP contribution in [0.15, 0.2) is 0 Å². The van der Waals surface area contributed by atoms with Crippen molar-refractivity contribution in [2.24, 2.45) is 0 Å². The Bertz CT molecular complexity index is 231. The maximum absolute atomic E-state index is 10.7. The van der Waals surface area contributed by atoms with Crippen molar-refractivity contribution in [1.82, 2.24) is 0 Å². The minimum Gasteiger partial charge on any atom is -0.547 e. The summed E-state index contributed by atoms with van der Waals surface area (Å²) in [6.45, 7) is 0. The molecule has 15 heavy (non-hydrogen) atoms. The highest BCUT2D eigenvalue weighted by Gasteiger charge is 2.45. The summed E-state index contributed by atoms with van der Waals surface area (Å²) in [6.07, 6.45) is -6.64. The van der Waals surface area contributed by atoms with Crippen LogP contribution in [0.1, 0.15) is 0 Å². The Balaban J connectivity index is 2.84. The average molecular weight is 221 g/mol. The Labute approximate surface area is 86.2 Å². The van der Waals surface area contributed by atoms with Gasteiger partial charge >= 0.3 is 0 Å². The number of carboxylic acids is 1. The number of carbonyl (C=O) groups is 1. The quantitative estimate of drug-likeness (QED) is 0.518. The van der Waals surface area contributed by atoms with Crippen LogP contribution in [0.25, 0.3) is 0 Å². The van der Waals surface area contributed by atoms with E-state index in [9.17, 15) is 20.1 Å². The molecule has 5 atom stereocenters. The van der Waals surface area contributed by atoms with Gasteiger partial charge in [-0.15, -0.1) is 0 Å². The molecule has 1 fully saturated rings. The van der Waals surface area contributed by atoms with E-state index in [4.69, 9.17) is 9.47 Å². The average Bonchev–Trinajstić information content (AvgIpc) is 2.21. The van der Waals surface area contributed by atoms with E-state index in [-0.39, 0.29) is 0 Å². The van der Waals surface area contributed by atoms with Crippen molar-refractivity contribution >= 4 is 5.97 Å². The minimum absolute atomic E-state index is 1.18. The molecule has 1 aliphatic heterocycles. The molecule has 0 radical (unpaired) electrons. The third-order valence-electron chi connectivity index (χ3n) is 2.28. The van der Waals surface area contributed by atoms with Crippen LogP contribution in [0, 0.1) is 0 Å². The highest BCUT2D eigenvalue weighted by Crippen LogP contribution is 2.23.